The second-order valence-corrected chi connectivity index (χ2v) is 11.6. The Hall–Kier alpha value is -3.60. The molecule has 2 fully saturated rings. The Morgan fingerprint density at radius 2 is 0.976 bits per heavy atom. The fourth-order valence-electron chi connectivity index (χ4n) is 6.25. The van der Waals surface area contributed by atoms with E-state index in [0.717, 1.165) is 44.6 Å². The molecule has 1 atom stereocenters. The minimum absolute atomic E-state index is 0.160. The molecule has 0 radical (unpaired) electrons. The summed E-state index contributed by atoms with van der Waals surface area (Å²) in [6.45, 7) is 8.40. The Labute approximate surface area is 249 Å². The van der Waals surface area contributed by atoms with Gasteiger partial charge in [0.2, 0.25) is 0 Å². The zero-order valence-corrected chi connectivity index (χ0v) is 24.8. The molecule has 2 aliphatic rings. The molecule has 2 aliphatic heterocycles. The van der Waals surface area contributed by atoms with Gasteiger partial charge in [-0.25, -0.2) is 8.78 Å². The molecule has 2 saturated heterocycles. The highest BCUT2D eigenvalue weighted by Crippen LogP contribution is 2.37. The van der Waals surface area contributed by atoms with Crippen molar-refractivity contribution in [2.45, 2.75) is 45.4 Å². The maximum absolute atomic E-state index is 13.2. The van der Waals surface area contributed by atoms with Crippen molar-refractivity contribution >= 4 is 5.57 Å². The summed E-state index contributed by atoms with van der Waals surface area (Å²) in [4.78, 5) is 0. The number of nitrogens with one attached hydrogen (secondary N) is 2. The molecule has 1 unspecified atom stereocenters. The molecule has 4 aromatic carbocycles. The average molecular weight is 565 g/mol. The molecule has 218 valence electrons. The monoisotopic (exact) mass is 564 g/mol. The van der Waals surface area contributed by atoms with E-state index >= 15 is 0 Å². The topological polar surface area (TPSA) is 24.1 Å². The van der Waals surface area contributed by atoms with Crippen LogP contribution in [0.4, 0.5) is 8.78 Å². The predicted molar refractivity (Wildman–Crippen MR) is 171 cm³/mol. The number of piperidine rings is 2. The van der Waals surface area contributed by atoms with Gasteiger partial charge < -0.3 is 10.6 Å². The van der Waals surface area contributed by atoms with Gasteiger partial charge in [-0.1, -0.05) is 89.5 Å². The van der Waals surface area contributed by atoms with Gasteiger partial charge in [-0.05, 0) is 124 Å². The fraction of sp³-hybridized carbons (Fsp3) is 0.316. The zero-order chi connectivity index (χ0) is 29.3. The summed E-state index contributed by atoms with van der Waals surface area (Å²) in [6, 6.07) is 31.3. The Balaban J connectivity index is 0.000000168. The summed E-state index contributed by atoms with van der Waals surface area (Å²) in [5.74, 6) is 0.650. The SMILES string of the molecule is Cc1ccc(C(=C2CCNCC2)c2ccc(F)cc2)cc1.Cc1ccc(C(c2ccc(F)cc2)C2CCNCC2)cc1. The van der Waals surface area contributed by atoms with Gasteiger partial charge in [0, 0.05) is 5.92 Å². The van der Waals surface area contributed by atoms with Crippen LogP contribution in [0.5, 0.6) is 0 Å². The maximum atomic E-state index is 13.2. The van der Waals surface area contributed by atoms with Crippen LogP contribution in [0.2, 0.25) is 0 Å². The van der Waals surface area contributed by atoms with Crippen molar-refractivity contribution in [1.82, 2.24) is 10.6 Å². The van der Waals surface area contributed by atoms with Crippen molar-refractivity contribution < 1.29 is 8.78 Å². The van der Waals surface area contributed by atoms with E-state index in [4.69, 9.17) is 0 Å². The first-order valence-corrected chi connectivity index (χ1v) is 15.3. The summed E-state index contributed by atoms with van der Waals surface area (Å²) in [6.07, 6.45) is 4.47. The van der Waals surface area contributed by atoms with Crippen molar-refractivity contribution in [3.8, 4) is 0 Å². The van der Waals surface area contributed by atoms with Crippen molar-refractivity contribution in [3.05, 3.63) is 148 Å². The second kappa shape index (κ2) is 14.5. The molecular weight excluding hydrogens is 522 g/mol. The molecule has 2 N–H and O–H groups in total. The quantitative estimate of drug-likeness (QED) is 0.254. The van der Waals surface area contributed by atoms with Crippen molar-refractivity contribution in [1.29, 1.82) is 0 Å². The van der Waals surface area contributed by atoms with Crippen LogP contribution in [-0.4, -0.2) is 26.2 Å². The molecule has 2 nitrogen and oxygen atoms in total. The Bertz CT molecular complexity index is 1330. The van der Waals surface area contributed by atoms with Crippen molar-refractivity contribution in [2.24, 2.45) is 5.92 Å². The molecule has 0 amide bonds. The van der Waals surface area contributed by atoms with Crippen LogP contribution in [0.1, 0.15) is 65.0 Å². The Morgan fingerprint density at radius 1 is 0.571 bits per heavy atom. The van der Waals surface area contributed by atoms with Gasteiger partial charge in [0.05, 0.1) is 0 Å². The lowest BCUT2D eigenvalue weighted by Crippen LogP contribution is -2.31. The summed E-state index contributed by atoms with van der Waals surface area (Å²) in [7, 11) is 0. The lowest BCUT2D eigenvalue weighted by atomic mass is 9.76. The number of benzene rings is 4. The first-order valence-electron chi connectivity index (χ1n) is 15.3. The minimum atomic E-state index is -0.183. The number of aryl methyl sites for hydroxylation is 2. The molecule has 0 aliphatic carbocycles. The van der Waals surface area contributed by atoms with Crippen LogP contribution in [0.25, 0.3) is 5.57 Å². The van der Waals surface area contributed by atoms with Crippen LogP contribution in [0.3, 0.4) is 0 Å². The molecule has 4 aromatic rings. The highest BCUT2D eigenvalue weighted by atomic mass is 19.1. The number of halogens is 2. The molecule has 4 heteroatoms. The normalized spacial score (nSPS) is 16.3. The first kappa shape index (κ1) is 29.9. The van der Waals surface area contributed by atoms with Gasteiger partial charge in [0.1, 0.15) is 11.6 Å². The van der Waals surface area contributed by atoms with E-state index in [1.807, 2.05) is 24.3 Å². The molecule has 0 spiro atoms. The number of hydrogen-bond donors (Lipinski definition) is 2. The third-order valence-electron chi connectivity index (χ3n) is 8.55. The van der Waals surface area contributed by atoms with E-state index in [1.165, 1.54) is 51.8 Å². The van der Waals surface area contributed by atoms with Crippen LogP contribution in [0.15, 0.2) is 103 Å². The third-order valence-corrected chi connectivity index (χ3v) is 8.55. The van der Waals surface area contributed by atoms with Gasteiger partial charge in [-0.2, -0.15) is 0 Å². The standard InChI is InChI=1S/C19H22FN.C19H20FN/c2*1-14-2-4-15(5-3-14)19(17-10-12-21-13-11-17)16-6-8-18(20)9-7-16/h2-9,17,19,21H,10-13H2,1H3;2-9,21H,10-13H2,1H3. The molecule has 0 saturated carbocycles. The van der Waals surface area contributed by atoms with Gasteiger partial charge in [0.15, 0.2) is 0 Å². The highest BCUT2D eigenvalue weighted by Gasteiger charge is 2.26. The van der Waals surface area contributed by atoms with Crippen LogP contribution in [0, 0.1) is 31.4 Å². The smallest absolute Gasteiger partial charge is 0.123 e. The molecule has 6 rings (SSSR count). The number of hydrogen-bond acceptors (Lipinski definition) is 2. The summed E-state index contributed by atoms with van der Waals surface area (Å²) >= 11 is 0. The van der Waals surface area contributed by atoms with E-state index in [1.54, 1.807) is 24.3 Å². The van der Waals surface area contributed by atoms with Crippen molar-refractivity contribution in [3.63, 3.8) is 0 Å². The van der Waals surface area contributed by atoms with E-state index in [0.29, 0.717) is 11.8 Å². The van der Waals surface area contributed by atoms with Crippen LogP contribution < -0.4 is 10.6 Å². The summed E-state index contributed by atoms with van der Waals surface area (Å²) < 4.78 is 26.5. The van der Waals surface area contributed by atoms with E-state index in [9.17, 15) is 8.78 Å². The highest BCUT2D eigenvalue weighted by molar-refractivity contribution is 5.82. The van der Waals surface area contributed by atoms with Gasteiger partial charge in [0.25, 0.3) is 0 Å². The van der Waals surface area contributed by atoms with E-state index in [2.05, 4.69) is 73.0 Å². The zero-order valence-electron chi connectivity index (χ0n) is 24.8. The minimum Gasteiger partial charge on any atom is -0.317 e. The Morgan fingerprint density at radius 3 is 1.50 bits per heavy atom. The van der Waals surface area contributed by atoms with Crippen molar-refractivity contribution in [2.75, 3.05) is 26.2 Å². The second-order valence-electron chi connectivity index (χ2n) is 11.6. The lowest BCUT2D eigenvalue weighted by Gasteiger charge is -2.31. The molecular formula is C38H42F2N2. The molecule has 0 aromatic heterocycles. The lowest BCUT2D eigenvalue weighted by molar-refractivity contribution is 0.342. The molecule has 2 heterocycles. The van der Waals surface area contributed by atoms with Gasteiger partial charge in [-0.3, -0.25) is 0 Å². The maximum Gasteiger partial charge on any atom is 0.123 e. The number of rotatable bonds is 5. The third kappa shape index (κ3) is 7.81. The summed E-state index contributed by atoms with van der Waals surface area (Å²) in [5.41, 5.74) is 10.2. The van der Waals surface area contributed by atoms with Crippen LogP contribution >= 0.6 is 0 Å². The Kier molecular flexibility index (Phi) is 10.3. The predicted octanol–water partition coefficient (Wildman–Crippen LogP) is 8.59. The first-order chi connectivity index (χ1) is 20.5. The molecule has 42 heavy (non-hydrogen) atoms. The molecule has 0 bridgehead atoms. The largest absolute Gasteiger partial charge is 0.317 e. The van der Waals surface area contributed by atoms with Gasteiger partial charge >= 0.3 is 0 Å². The van der Waals surface area contributed by atoms with Crippen LogP contribution in [-0.2, 0) is 0 Å². The van der Waals surface area contributed by atoms with Gasteiger partial charge in [-0.15, -0.1) is 0 Å². The fourth-order valence-corrected chi connectivity index (χ4v) is 6.25. The average Bonchev–Trinajstić information content (AvgIpc) is 3.03. The van der Waals surface area contributed by atoms with E-state index < -0.39 is 0 Å². The summed E-state index contributed by atoms with van der Waals surface area (Å²) in [5, 5.41) is 6.83. The van der Waals surface area contributed by atoms with E-state index in [-0.39, 0.29) is 11.6 Å².